The van der Waals surface area contributed by atoms with Crippen molar-refractivity contribution in [3.8, 4) is 11.4 Å². The minimum atomic E-state index is -0.273. The van der Waals surface area contributed by atoms with E-state index < -0.39 is 0 Å². The predicted molar refractivity (Wildman–Crippen MR) is 97.3 cm³/mol. The second-order valence-electron chi connectivity index (χ2n) is 4.90. The van der Waals surface area contributed by atoms with Gasteiger partial charge in [-0.1, -0.05) is 6.07 Å². The van der Waals surface area contributed by atoms with Crippen LogP contribution in [0.4, 0.5) is 10.8 Å². The van der Waals surface area contributed by atoms with Crippen LogP contribution in [-0.2, 0) is 0 Å². The number of nitrogens with two attached hydrogens (primary N) is 1. The zero-order valence-electron chi connectivity index (χ0n) is 12.3. The van der Waals surface area contributed by atoms with Gasteiger partial charge in [-0.2, -0.15) is 0 Å². The number of pyridine rings is 2. The van der Waals surface area contributed by atoms with Crippen LogP contribution in [0.3, 0.4) is 0 Å². The van der Waals surface area contributed by atoms with E-state index in [0.717, 1.165) is 16.8 Å². The van der Waals surface area contributed by atoms with Crippen molar-refractivity contribution in [2.24, 2.45) is 0 Å². The molecule has 4 aromatic heterocycles. The molecule has 4 aromatic rings. The normalized spacial score (nSPS) is 10.8. The van der Waals surface area contributed by atoms with Gasteiger partial charge in [-0.15, -0.1) is 22.7 Å². The molecule has 0 bridgehead atoms. The molecule has 24 heavy (non-hydrogen) atoms. The molecule has 0 radical (unpaired) electrons. The van der Waals surface area contributed by atoms with E-state index in [4.69, 9.17) is 5.73 Å². The van der Waals surface area contributed by atoms with Gasteiger partial charge in [0.15, 0.2) is 5.13 Å². The first-order chi connectivity index (χ1) is 11.7. The van der Waals surface area contributed by atoms with Crippen LogP contribution in [0.15, 0.2) is 48.1 Å². The number of carbonyl (C=O) groups excluding carboxylic acids is 1. The number of hydrogen-bond acceptors (Lipinski definition) is 7. The molecule has 8 heteroatoms. The lowest BCUT2D eigenvalue weighted by atomic mass is 10.2. The number of nitrogen functional groups attached to an aromatic ring is 1. The summed E-state index contributed by atoms with van der Waals surface area (Å²) in [5.74, 6) is -0.273. The molecule has 0 aliphatic rings. The monoisotopic (exact) mass is 353 g/mol. The Bertz CT molecular complexity index is 1010. The third-order valence-electron chi connectivity index (χ3n) is 3.38. The van der Waals surface area contributed by atoms with E-state index >= 15 is 0 Å². The van der Waals surface area contributed by atoms with E-state index in [1.807, 2.05) is 30.3 Å². The molecule has 0 spiro atoms. The smallest absolute Gasteiger partial charge is 0.269 e. The number of thiazole rings is 1. The first-order valence-electron chi connectivity index (χ1n) is 7.03. The van der Waals surface area contributed by atoms with Gasteiger partial charge in [0.25, 0.3) is 5.91 Å². The molecule has 0 fully saturated rings. The van der Waals surface area contributed by atoms with Crippen LogP contribution in [0.2, 0.25) is 0 Å². The van der Waals surface area contributed by atoms with Crippen molar-refractivity contribution in [1.82, 2.24) is 15.0 Å². The van der Waals surface area contributed by atoms with Gasteiger partial charge < -0.3 is 5.73 Å². The highest BCUT2D eigenvalue weighted by atomic mass is 32.1. The minimum absolute atomic E-state index is 0.273. The summed E-state index contributed by atoms with van der Waals surface area (Å²) in [5.41, 5.74) is 8.09. The third kappa shape index (κ3) is 2.61. The molecule has 118 valence electrons. The molecule has 0 aliphatic carbocycles. The first-order valence-corrected chi connectivity index (χ1v) is 8.73. The van der Waals surface area contributed by atoms with Crippen LogP contribution in [0.25, 0.3) is 21.6 Å². The second kappa shape index (κ2) is 5.99. The summed E-state index contributed by atoms with van der Waals surface area (Å²) in [6.45, 7) is 0. The first kappa shape index (κ1) is 14.7. The van der Waals surface area contributed by atoms with Gasteiger partial charge in [-0.3, -0.25) is 15.1 Å². The van der Waals surface area contributed by atoms with Crippen molar-refractivity contribution >= 4 is 49.6 Å². The molecule has 0 atom stereocenters. The van der Waals surface area contributed by atoms with Crippen LogP contribution in [0, 0.1) is 0 Å². The zero-order chi connectivity index (χ0) is 16.5. The highest BCUT2D eigenvalue weighted by molar-refractivity contribution is 7.21. The molecule has 0 aliphatic heterocycles. The fourth-order valence-electron chi connectivity index (χ4n) is 2.26. The number of carbonyl (C=O) groups is 1. The minimum Gasteiger partial charge on any atom is -0.397 e. The second-order valence-corrected chi connectivity index (χ2v) is 6.79. The fourth-order valence-corrected chi connectivity index (χ4v) is 3.77. The average molecular weight is 353 g/mol. The van der Waals surface area contributed by atoms with Crippen LogP contribution in [0.5, 0.6) is 0 Å². The van der Waals surface area contributed by atoms with Crippen molar-refractivity contribution in [2.75, 3.05) is 11.1 Å². The number of thiophene rings is 1. The Morgan fingerprint density at radius 1 is 1.08 bits per heavy atom. The van der Waals surface area contributed by atoms with E-state index in [1.54, 1.807) is 17.8 Å². The van der Waals surface area contributed by atoms with E-state index in [-0.39, 0.29) is 5.91 Å². The molecular weight excluding hydrogens is 342 g/mol. The number of amides is 1. The Hall–Kier alpha value is -2.84. The van der Waals surface area contributed by atoms with Gasteiger partial charge in [0.1, 0.15) is 9.71 Å². The van der Waals surface area contributed by atoms with E-state index in [2.05, 4.69) is 20.3 Å². The van der Waals surface area contributed by atoms with Gasteiger partial charge >= 0.3 is 0 Å². The summed E-state index contributed by atoms with van der Waals surface area (Å²) in [6, 6.07) is 9.38. The summed E-state index contributed by atoms with van der Waals surface area (Å²) in [4.78, 5) is 26.5. The molecule has 0 aromatic carbocycles. The summed E-state index contributed by atoms with van der Waals surface area (Å²) in [7, 11) is 0. The molecule has 4 heterocycles. The molecule has 3 N–H and O–H groups in total. The predicted octanol–water partition coefficient (Wildman–Crippen LogP) is 3.65. The lowest BCUT2D eigenvalue weighted by Gasteiger charge is -2.00. The molecule has 1 amide bonds. The summed E-state index contributed by atoms with van der Waals surface area (Å²) in [6.07, 6.45) is 3.35. The summed E-state index contributed by atoms with van der Waals surface area (Å²) >= 11 is 2.62. The van der Waals surface area contributed by atoms with Gasteiger partial charge in [0.05, 0.1) is 17.1 Å². The van der Waals surface area contributed by atoms with Gasteiger partial charge in [0, 0.05) is 23.2 Å². The van der Waals surface area contributed by atoms with E-state index in [0.29, 0.717) is 20.5 Å². The Balaban J connectivity index is 1.73. The Kier molecular flexibility index (Phi) is 3.68. The molecule has 6 nitrogen and oxygen atoms in total. The quantitative estimate of drug-likeness (QED) is 0.586. The van der Waals surface area contributed by atoms with E-state index in [9.17, 15) is 4.79 Å². The van der Waals surface area contributed by atoms with Gasteiger partial charge in [-0.25, -0.2) is 9.97 Å². The average Bonchev–Trinajstić information content (AvgIpc) is 3.23. The Labute approximate surface area is 145 Å². The zero-order valence-corrected chi connectivity index (χ0v) is 13.9. The molecule has 0 unspecified atom stereocenters. The number of hydrogen-bond donors (Lipinski definition) is 2. The summed E-state index contributed by atoms with van der Waals surface area (Å²) in [5, 5.41) is 5.85. The highest BCUT2D eigenvalue weighted by Crippen LogP contribution is 2.34. The van der Waals surface area contributed by atoms with Crippen molar-refractivity contribution < 1.29 is 4.79 Å². The van der Waals surface area contributed by atoms with Gasteiger partial charge in [-0.05, 0) is 24.3 Å². The number of nitrogens with zero attached hydrogens (tertiary/aromatic N) is 3. The number of nitrogens with one attached hydrogen (secondary N) is 1. The lowest BCUT2D eigenvalue weighted by molar-refractivity contribution is 0.103. The number of fused-ring (bicyclic) bond motifs is 1. The topological polar surface area (TPSA) is 93.8 Å². The van der Waals surface area contributed by atoms with Crippen LogP contribution < -0.4 is 11.1 Å². The van der Waals surface area contributed by atoms with E-state index in [1.165, 1.54) is 22.7 Å². The molecule has 0 saturated heterocycles. The lowest BCUT2D eigenvalue weighted by Crippen LogP contribution is -2.11. The number of rotatable bonds is 3. The van der Waals surface area contributed by atoms with Crippen LogP contribution >= 0.6 is 22.7 Å². The Morgan fingerprint density at radius 2 is 2.00 bits per heavy atom. The Morgan fingerprint density at radius 3 is 2.75 bits per heavy atom. The van der Waals surface area contributed by atoms with Crippen molar-refractivity contribution in [1.29, 1.82) is 0 Å². The molecular formula is C16H11N5OS2. The molecule has 0 saturated carbocycles. The number of aromatic nitrogens is 3. The SMILES string of the molecule is Nc1c(C(=O)Nc2nccs2)sc2nc(-c3ccccn3)ccc12. The van der Waals surface area contributed by atoms with Crippen molar-refractivity contribution in [2.45, 2.75) is 0 Å². The highest BCUT2D eigenvalue weighted by Gasteiger charge is 2.18. The van der Waals surface area contributed by atoms with Crippen LogP contribution in [-0.4, -0.2) is 20.9 Å². The maximum absolute atomic E-state index is 12.4. The van der Waals surface area contributed by atoms with Crippen molar-refractivity contribution in [3.05, 3.63) is 53.0 Å². The number of anilines is 2. The van der Waals surface area contributed by atoms with Crippen molar-refractivity contribution in [3.63, 3.8) is 0 Å². The third-order valence-corrected chi connectivity index (χ3v) is 5.18. The molecule has 4 rings (SSSR count). The summed E-state index contributed by atoms with van der Waals surface area (Å²) < 4.78 is 0. The maximum atomic E-state index is 12.4. The fraction of sp³-hybridized carbons (Fsp3) is 0. The standard InChI is InChI=1S/C16H11N5OS2/c17-12-9-4-5-11(10-3-1-2-6-18-10)20-15(9)24-13(12)14(22)21-16-19-7-8-23-16/h1-8H,17H2,(H,19,21,22). The van der Waals surface area contributed by atoms with Gasteiger partial charge in [0.2, 0.25) is 0 Å². The largest absolute Gasteiger partial charge is 0.397 e. The van der Waals surface area contributed by atoms with Crippen LogP contribution in [0.1, 0.15) is 9.67 Å². The maximum Gasteiger partial charge on any atom is 0.269 e.